The van der Waals surface area contributed by atoms with Gasteiger partial charge in [0.25, 0.3) is 0 Å². The molecular formula is C12H14ClNO. The molecule has 0 radical (unpaired) electrons. The zero-order chi connectivity index (χ0) is 11.1. The third-order valence-electron chi connectivity index (χ3n) is 2.95. The van der Waals surface area contributed by atoms with E-state index in [0.717, 1.165) is 28.9 Å². The topological polar surface area (TPSA) is 26.1 Å². The number of halogens is 1. The lowest BCUT2D eigenvalue weighted by molar-refractivity contribution is -0.530. The molecule has 0 spiro atoms. The normalized spacial score (nSPS) is 19.7. The lowest BCUT2D eigenvalue weighted by atomic mass is 10.0. The van der Waals surface area contributed by atoms with Crippen molar-refractivity contribution in [3.05, 3.63) is 40.1 Å². The minimum atomic E-state index is -0.269. The third kappa shape index (κ3) is 1.86. The molecule has 3 heteroatoms. The monoisotopic (exact) mass is 223 g/mol. The fourth-order valence-corrected chi connectivity index (χ4v) is 2.02. The number of nitrogens with zero attached hydrogens (tertiary/aromatic N) is 1. The summed E-state index contributed by atoms with van der Waals surface area (Å²) in [5.74, 6) is 0. The lowest BCUT2D eigenvalue weighted by Gasteiger charge is -2.18. The van der Waals surface area contributed by atoms with Crippen molar-refractivity contribution in [1.29, 1.82) is 0 Å². The van der Waals surface area contributed by atoms with Crippen molar-refractivity contribution >= 4 is 17.3 Å². The van der Waals surface area contributed by atoms with Gasteiger partial charge in [-0.3, -0.25) is 0 Å². The van der Waals surface area contributed by atoms with Gasteiger partial charge in [0.05, 0.1) is 0 Å². The fourth-order valence-electron chi connectivity index (χ4n) is 1.90. The fraction of sp³-hybridized carbons (Fsp3) is 0.417. The Labute approximate surface area is 94.8 Å². The molecule has 0 aliphatic carbocycles. The van der Waals surface area contributed by atoms with E-state index in [0.29, 0.717) is 5.02 Å². The van der Waals surface area contributed by atoms with Crippen molar-refractivity contribution in [2.45, 2.75) is 32.2 Å². The Hall–Kier alpha value is -1.02. The van der Waals surface area contributed by atoms with Gasteiger partial charge < -0.3 is 5.21 Å². The summed E-state index contributed by atoms with van der Waals surface area (Å²) >= 11 is 5.81. The van der Waals surface area contributed by atoms with Gasteiger partial charge >= 0.3 is 0 Å². The minimum Gasteiger partial charge on any atom is -0.623 e. The van der Waals surface area contributed by atoms with Crippen molar-refractivity contribution in [3.8, 4) is 0 Å². The molecule has 1 aromatic carbocycles. The van der Waals surface area contributed by atoms with Gasteiger partial charge in [-0.1, -0.05) is 11.6 Å². The largest absolute Gasteiger partial charge is 0.623 e. The Morgan fingerprint density at radius 3 is 2.33 bits per heavy atom. The predicted octanol–water partition coefficient (Wildman–Crippen LogP) is 3.21. The molecule has 0 bridgehead atoms. The van der Waals surface area contributed by atoms with E-state index < -0.39 is 0 Å². The molecule has 1 aliphatic heterocycles. The van der Waals surface area contributed by atoms with Gasteiger partial charge in [-0.05, 0) is 24.3 Å². The molecule has 2 nitrogen and oxygen atoms in total. The minimum absolute atomic E-state index is 0.269. The number of rotatable bonds is 1. The van der Waals surface area contributed by atoms with Crippen molar-refractivity contribution in [1.82, 2.24) is 0 Å². The molecule has 80 valence electrons. The van der Waals surface area contributed by atoms with E-state index in [1.165, 1.54) is 0 Å². The Bertz CT molecular complexity index is 406. The zero-order valence-corrected chi connectivity index (χ0v) is 9.71. The molecule has 0 saturated carbocycles. The van der Waals surface area contributed by atoms with E-state index in [9.17, 15) is 5.21 Å². The molecule has 0 atom stereocenters. The van der Waals surface area contributed by atoms with E-state index >= 15 is 0 Å². The van der Waals surface area contributed by atoms with Crippen LogP contribution >= 0.6 is 11.6 Å². The average molecular weight is 224 g/mol. The third-order valence-corrected chi connectivity index (χ3v) is 3.20. The maximum absolute atomic E-state index is 12.0. The molecule has 0 N–H and O–H groups in total. The summed E-state index contributed by atoms with van der Waals surface area (Å²) < 4.78 is 1.14. The Kier molecular flexibility index (Phi) is 2.47. The molecule has 0 aromatic heterocycles. The van der Waals surface area contributed by atoms with Gasteiger partial charge in [0.1, 0.15) is 0 Å². The van der Waals surface area contributed by atoms with Crippen molar-refractivity contribution < 1.29 is 4.74 Å². The number of hydrogen-bond donors (Lipinski definition) is 0. The van der Waals surface area contributed by atoms with E-state index in [4.69, 9.17) is 11.6 Å². The van der Waals surface area contributed by atoms with Gasteiger partial charge in [-0.25, -0.2) is 4.74 Å². The van der Waals surface area contributed by atoms with Crippen LogP contribution in [-0.4, -0.2) is 16.0 Å². The van der Waals surface area contributed by atoms with Crippen LogP contribution in [0.15, 0.2) is 24.3 Å². The van der Waals surface area contributed by atoms with Crippen molar-refractivity contribution in [2.24, 2.45) is 0 Å². The highest BCUT2D eigenvalue weighted by Crippen LogP contribution is 2.26. The van der Waals surface area contributed by atoms with E-state index in [1.54, 1.807) is 0 Å². The highest BCUT2D eigenvalue weighted by molar-refractivity contribution is 6.30. The average Bonchev–Trinajstić information content (AvgIpc) is 2.45. The van der Waals surface area contributed by atoms with Crippen molar-refractivity contribution in [3.63, 3.8) is 0 Å². The predicted molar refractivity (Wildman–Crippen MR) is 62.5 cm³/mol. The maximum atomic E-state index is 12.0. The maximum Gasteiger partial charge on any atom is 0.195 e. The van der Waals surface area contributed by atoms with Crippen LogP contribution in [-0.2, 0) is 0 Å². The summed E-state index contributed by atoms with van der Waals surface area (Å²) in [6, 6.07) is 7.46. The highest BCUT2D eigenvalue weighted by Gasteiger charge is 2.36. The molecular weight excluding hydrogens is 210 g/mol. The summed E-state index contributed by atoms with van der Waals surface area (Å²) in [4.78, 5) is 0. The highest BCUT2D eigenvalue weighted by atomic mass is 35.5. The van der Waals surface area contributed by atoms with Crippen LogP contribution in [0.2, 0.25) is 5.02 Å². The molecule has 15 heavy (non-hydrogen) atoms. The van der Waals surface area contributed by atoms with Crippen LogP contribution in [0.3, 0.4) is 0 Å². The summed E-state index contributed by atoms with van der Waals surface area (Å²) in [5, 5.41) is 12.7. The van der Waals surface area contributed by atoms with Gasteiger partial charge in [0.15, 0.2) is 11.3 Å². The zero-order valence-electron chi connectivity index (χ0n) is 8.96. The molecule has 0 unspecified atom stereocenters. The Morgan fingerprint density at radius 2 is 1.87 bits per heavy atom. The van der Waals surface area contributed by atoms with Gasteiger partial charge in [-0.2, -0.15) is 0 Å². The van der Waals surface area contributed by atoms with E-state index in [1.807, 2.05) is 38.1 Å². The van der Waals surface area contributed by atoms with Crippen LogP contribution in [0.1, 0.15) is 32.3 Å². The first-order valence-corrected chi connectivity index (χ1v) is 5.48. The SMILES string of the molecule is CC1(C)CCC(c2ccc(Cl)cc2)=[N+]1[O-]. The first-order valence-electron chi connectivity index (χ1n) is 5.10. The van der Waals surface area contributed by atoms with Crippen LogP contribution < -0.4 is 0 Å². The number of benzene rings is 1. The smallest absolute Gasteiger partial charge is 0.195 e. The first kappa shape index (κ1) is 10.5. The Balaban J connectivity index is 2.41. The quantitative estimate of drug-likeness (QED) is 0.530. The number of hydrogen-bond acceptors (Lipinski definition) is 1. The summed E-state index contributed by atoms with van der Waals surface area (Å²) in [7, 11) is 0. The summed E-state index contributed by atoms with van der Waals surface area (Å²) in [6.07, 6.45) is 1.76. The van der Waals surface area contributed by atoms with Gasteiger partial charge in [0.2, 0.25) is 0 Å². The molecule has 1 heterocycles. The van der Waals surface area contributed by atoms with Crippen LogP contribution in [0, 0.1) is 5.21 Å². The molecule has 0 fully saturated rings. The number of hydroxylamine groups is 1. The molecule has 2 rings (SSSR count). The van der Waals surface area contributed by atoms with Crippen molar-refractivity contribution in [2.75, 3.05) is 0 Å². The van der Waals surface area contributed by atoms with Gasteiger partial charge in [-0.15, -0.1) is 0 Å². The lowest BCUT2D eigenvalue weighted by Crippen LogP contribution is -2.29. The van der Waals surface area contributed by atoms with Crippen LogP contribution in [0.25, 0.3) is 0 Å². The molecule has 0 saturated heterocycles. The standard InChI is InChI=1S/C12H14ClNO/c1-12(2)8-7-11(14(12)15)9-3-5-10(13)6-4-9/h3-6H,7-8H2,1-2H3. The summed E-state index contributed by atoms with van der Waals surface area (Å²) in [5.41, 5.74) is 1.59. The Morgan fingerprint density at radius 1 is 1.27 bits per heavy atom. The van der Waals surface area contributed by atoms with Gasteiger partial charge in [0, 0.05) is 37.3 Å². The van der Waals surface area contributed by atoms with E-state index in [2.05, 4.69) is 0 Å². The molecule has 1 aliphatic rings. The van der Waals surface area contributed by atoms with E-state index in [-0.39, 0.29) is 5.54 Å². The van der Waals surface area contributed by atoms with Crippen LogP contribution in [0.5, 0.6) is 0 Å². The second-order valence-corrected chi connectivity index (χ2v) is 5.00. The first-order chi connectivity index (χ1) is 7.00. The molecule has 1 aromatic rings. The second-order valence-electron chi connectivity index (χ2n) is 4.56. The second kappa shape index (κ2) is 3.53. The molecule has 0 amide bonds. The van der Waals surface area contributed by atoms with Crippen LogP contribution in [0.4, 0.5) is 0 Å². The summed E-state index contributed by atoms with van der Waals surface area (Å²) in [6.45, 7) is 3.95.